The van der Waals surface area contributed by atoms with Gasteiger partial charge in [-0.3, -0.25) is 5.41 Å². The third-order valence-corrected chi connectivity index (χ3v) is 9.98. The van der Waals surface area contributed by atoms with E-state index in [9.17, 15) is 11.1 Å². The zero-order chi connectivity index (χ0) is 42.7. The Bertz CT molecular complexity index is 2250. The number of hydrogen-bond donors (Lipinski definition) is 1. The molecular weight excluding hydrogens is 761 g/mol. The van der Waals surface area contributed by atoms with E-state index in [2.05, 4.69) is 144 Å². The molecule has 0 atom stereocenters. The summed E-state index contributed by atoms with van der Waals surface area (Å²) >= 11 is 0. The van der Waals surface area contributed by atoms with Crippen molar-refractivity contribution in [2.75, 3.05) is 14.2 Å². The molecule has 0 aromatic heterocycles. The molecule has 58 heavy (non-hydrogen) atoms. The molecule has 1 aliphatic carbocycles. The Labute approximate surface area is 358 Å². The fraction of sp³-hybridized carbons (Fsp3) is 0.380. The molecule has 0 bridgehead atoms. The Hall–Kier alpha value is -5.12. The minimum atomic E-state index is -0.265. The van der Waals surface area contributed by atoms with Crippen LogP contribution in [0.5, 0.6) is 11.5 Å². The number of benzene rings is 4. The summed E-state index contributed by atoms with van der Waals surface area (Å²) in [5, 5.41) is 22.1. The van der Waals surface area contributed by atoms with Gasteiger partial charge in [0.25, 0.3) is 0 Å². The summed E-state index contributed by atoms with van der Waals surface area (Å²) < 4.78 is 11.0. The van der Waals surface area contributed by atoms with E-state index in [1.165, 1.54) is 6.92 Å². The number of nitrogens with one attached hydrogen (secondary N) is 2. The van der Waals surface area contributed by atoms with Crippen LogP contribution in [0.2, 0.25) is 0 Å². The molecule has 2 N–H and O–H groups in total. The molecule has 5 rings (SSSR count). The monoisotopic (exact) mass is 821 g/mol. The van der Waals surface area contributed by atoms with E-state index in [4.69, 9.17) is 25.0 Å². The maximum Gasteiger partial charge on any atom is 2.00 e. The predicted octanol–water partition coefficient (Wildman–Crippen LogP) is 15.2. The van der Waals surface area contributed by atoms with E-state index in [1.807, 2.05) is 24.3 Å². The summed E-state index contributed by atoms with van der Waals surface area (Å²) in [4.78, 5) is 5.35. The van der Waals surface area contributed by atoms with Gasteiger partial charge in [-0.25, -0.2) is 4.99 Å². The first-order chi connectivity index (χ1) is 26.4. The summed E-state index contributed by atoms with van der Waals surface area (Å²) in [6.07, 6.45) is 4.22. The second-order valence-electron chi connectivity index (χ2n) is 18.6. The van der Waals surface area contributed by atoms with Crippen LogP contribution in [0.25, 0.3) is 33.3 Å². The molecule has 0 saturated carbocycles. The van der Waals surface area contributed by atoms with Crippen LogP contribution < -0.4 is 9.47 Å². The normalized spacial score (nSPS) is 14.0. The van der Waals surface area contributed by atoms with Crippen molar-refractivity contribution in [3.63, 3.8) is 0 Å². The minimum absolute atomic E-state index is 0. The van der Waals surface area contributed by atoms with Gasteiger partial charge >= 0.3 is 16.5 Å². The van der Waals surface area contributed by atoms with Gasteiger partial charge in [-0.15, -0.1) is 5.69 Å². The molecule has 0 saturated heterocycles. The number of nitrogens with zero attached hydrogens (tertiary/aromatic N) is 3. The Morgan fingerprint density at radius 1 is 0.655 bits per heavy atom. The zero-order valence-corrected chi connectivity index (χ0v) is 38.0. The Morgan fingerprint density at radius 3 is 1.55 bits per heavy atom. The maximum atomic E-state index is 9.47. The van der Waals surface area contributed by atoms with E-state index in [1.54, 1.807) is 20.3 Å². The van der Waals surface area contributed by atoms with Crippen LogP contribution in [-0.2, 0) is 27.3 Å². The smallest absolute Gasteiger partial charge is 0.699 e. The minimum Gasteiger partial charge on any atom is -0.699 e. The van der Waals surface area contributed by atoms with Gasteiger partial charge in [0.05, 0.1) is 31.7 Å². The number of hydrogen-bond acceptors (Lipinski definition) is 5. The molecule has 0 heterocycles. The van der Waals surface area contributed by atoms with E-state index in [0.29, 0.717) is 34.2 Å². The molecule has 1 aliphatic rings. The maximum absolute atomic E-state index is 9.47. The average molecular weight is 823 g/mol. The van der Waals surface area contributed by atoms with Gasteiger partial charge in [0.15, 0.2) is 0 Å². The fourth-order valence-electron chi connectivity index (χ4n) is 6.51. The van der Waals surface area contributed by atoms with Crippen molar-refractivity contribution in [3.8, 4) is 39.8 Å². The second kappa shape index (κ2) is 18.2. The zero-order valence-electron chi connectivity index (χ0n) is 37.1. The van der Waals surface area contributed by atoms with Gasteiger partial charge in [-0.05, 0) is 97.0 Å². The summed E-state index contributed by atoms with van der Waals surface area (Å²) in [5.74, 6) is 1.54. The number of nitriles is 1. The molecule has 308 valence electrons. The number of allylic oxidation sites excluding steroid dienone is 4. The summed E-state index contributed by atoms with van der Waals surface area (Å²) in [5.41, 5.74) is 19.9. The average Bonchev–Trinajstić information content (AvgIpc) is 3.12. The van der Waals surface area contributed by atoms with Gasteiger partial charge in [0.1, 0.15) is 11.5 Å². The standard InChI is InChI=1S/C48H58N4O2.C2H3N.Ni/c1-45(2,3)31-23-37(47(7,8)9)43(49)41(25-31)51-39-27-35(29-15-19-33(53-13)20-16-29)36(30-17-21-34(54-14)22-18-30)28-40(39)52-42-26-32(46(4,5)6)24-38(44(42)50)48(10,11)12;1-2-3;/h15-28,49-50H,1-14H3;1H3;/q-2;;+2. The Balaban J connectivity index is 0.00000218. The molecule has 0 spiro atoms. The van der Waals surface area contributed by atoms with Crippen molar-refractivity contribution in [1.29, 1.82) is 10.7 Å². The SMILES string of the molecule is CC#N.COc1ccc(-c2cc(N=C3C=C(C(C)(C)C)C=C(C(C)(C)C)C3=N)c([N-]c3cc(C(C)(C)C)cc(C(C)(C)C)c3[NH-])cc2-c2ccc(OC)cc2)cc1.[Ni+2]. The van der Waals surface area contributed by atoms with E-state index in [-0.39, 0.29) is 38.2 Å². The first-order valence-electron chi connectivity index (χ1n) is 19.4. The molecule has 0 unspecified atom stereocenters. The topological polar surface area (TPSA) is 116 Å². The van der Waals surface area contributed by atoms with Crippen LogP contribution in [0.1, 0.15) is 101 Å². The van der Waals surface area contributed by atoms with Crippen LogP contribution in [-0.4, -0.2) is 25.6 Å². The molecule has 7 nitrogen and oxygen atoms in total. The van der Waals surface area contributed by atoms with E-state index < -0.39 is 0 Å². The fourth-order valence-corrected chi connectivity index (χ4v) is 6.51. The number of rotatable bonds is 7. The predicted molar refractivity (Wildman–Crippen MR) is 242 cm³/mol. The molecular formula is C50H61N5NiO2. The number of methoxy groups -OCH3 is 2. The molecule has 8 heteroatoms. The molecule has 0 radical (unpaired) electrons. The van der Waals surface area contributed by atoms with Crippen molar-refractivity contribution in [2.24, 2.45) is 15.8 Å². The first-order valence-corrected chi connectivity index (χ1v) is 19.4. The van der Waals surface area contributed by atoms with Crippen molar-refractivity contribution in [3.05, 3.63) is 118 Å². The van der Waals surface area contributed by atoms with Gasteiger partial charge in [-0.1, -0.05) is 137 Å². The molecule has 4 aromatic rings. The third-order valence-electron chi connectivity index (χ3n) is 9.98. The molecule has 0 aliphatic heterocycles. The van der Waals surface area contributed by atoms with E-state index in [0.717, 1.165) is 56.0 Å². The van der Waals surface area contributed by atoms with Crippen LogP contribution in [0.3, 0.4) is 0 Å². The van der Waals surface area contributed by atoms with Gasteiger partial charge in [0.2, 0.25) is 0 Å². The largest absolute Gasteiger partial charge is 2.00 e. The number of aliphatic imine (C=N–C) groups is 1. The third kappa shape index (κ3) is 11.1. The van der Waals surface area contributed by atoms with Crippen LogP contribution in [0.15, 0.2) is 101 Å². The van der Waals surface area contributed by atoms with Gasteiger partial charge in [-0.2, -0.15) is 16.6 Å². The van der Waals surface area contributed by atoms with Crippen LogP contribution in [0.4, 0.5) is 22.7 Å². The molecule has 4 aromatic carbocycles. The van der Waals surface area contributed by atoms with Gasteiger partial charge in [0, 0.05) is 12.6 Å². The van der Waals surface area contributed by atoms with Crippen molar-refractivity contribution in [2.45, 2.75) is 101 Å². The van der Waals surface area contributed by atoms with Gasteiger partial charge < -0.3 is 20.5 Å². The number of ether oxygens (including phenoxy) is 2. The Kier molecular flexibility index (Phi) is 14.8. The second-order valence-corrected chi connectivity index (χ2v) is 18.6. The molecule has 0 fully saturated rings. The summed E-state index contributed by atoms with van der Waals surface area (Å²) in [6, 6.07) is 26.2. The molecule has 0 amide bonds. The van der Waals surface area contributed by atoms with Crippen molar-refractivity contribution < 1.29 is 26.0 Å². The first kappa shape index (κ1) is 47.3. The van der Waals surface area contributed by atoms with Crippen LogP contribution in [0, 0.1) is 27.6 Å². The quantitative estimate of drug-likeness (QED) is 0.148. The van der Waals surface area contributed by atoms with Crippen molar-refractivity contribution in [1.82, 2.24) is 0 Å². The summed E-state index contributed by atoms with van der Waals surface area (Å²) in [7, 11) is 3.34. The van der Waals surface area contributed by atoms with E-state index >= 15 is 0 Å². The van der Waals surface area contributed by atoms with Crippen molar-refractivity contribution >= 4 is 34.2 Å². The van der Waals surface area contributed by atoms with Crippen LogP contribution >= 0.6 is 0 Å². The summed E-state index contributed by atoms with van der Waals surface area (Å²) in [6.45, 7) is 27.5. The Morgan fingerprint density at radius 2 is 1.14 bits per heavy atom.